The van der Waals surface area contributed by atoms with E-state index in [0.29, 0.717) is 38.4 Å². The molecule has 1 saturated heterocycles. The Balaban J connectivity index is 1.88. The fourth-order valence-corrected chi connectivity index (χ4v) is 5.78. The number of rotatable bonds is 6. The lowest BCUT2D eigenvalue weighted by molar-refractivity contribution is -0.130. The van der Waals surface area contributed by atoms with E-state index in [2.05, 4.69) is 5.32 Å². The number of likely N-dealkylation sites (tertiary alicyclic amines) is 1. The molecule has 3 heterocycles. The Hall–Kier alpha value is -1.78. The Morgan fingerprint density at radius 3 is 2.59 bits per heavy atom. The van der Waals surface area contributed by atoms with Crippen LogP contribution in [0.4, 0.5) is 5.82 Å². The molecule has 9 nitrogen and oxygen atoms in total. The van der Waals surface area contributed by atoms with Crippen LogP contribution >= 0.6 is 0 Å². The van der Waals surface area contributed by atoms with Gasteiger partial charge in [0, 0.05) is 71.1 Å². The molecule has 0 spiro atoms. The van der Waals surface area contributed by atoms with E-state index in [0.717, 1.165) is 36.5 Å². The summed E-state index contributed by atoms with van der Waals surface area (Å²) in [6.45, 7) is 8.30. The summed E-state index contributed by atoms with van der Waals surface area (Å²) in [5.74, 6) is 1.63. The van der Waals surface area contributed by atoms with Crippen molar-refractivity contribution in [3.63, 3.8) is 0 Å². The second kappa shape index (κ2) is 8.93. The molecule has 1 atom stereocenters. The second-order valence-electron chi connectivity index (χ2n) is 7.59. The van der Waals surface area contributed by atoms with Crippen LogP contribution in [0.15, 0.2) is 0 Å². The molecule has 3 rings (SSSR count). The van der Waals surface area contributed by atoms with Gasteiger partial charge in [0.1, 0.15) is 11.6 Å². The number of nitrogens with one attached hydrogen (secondary N) is 1. The number of nitrogens with zero attached hydrogens (tertiary/aromatic N) is 5. The quantitative estimate of drug-likeness (QED) is 0.737. The molecule has 0 radical (unpaired) electrons. The Kier molecular flexibility index (Phi) is 6.75. The highest BCUT2D eigenvalue weighted by Crippen LogP contribution is 2.31. The van der Waals surface area contributed by atoms with E-state index in [-0.39, 0.29) is 18.4 Å². The minimum Gasteiger partial charge on any atom is -0.373 e. The third-order valence-corrected chi connectivity index (χ3v) is 8.00. The number of aromatic nitrogens is 2. The molecule has 10 heteroatoms. The van der Waals surface area contributed by atoms with E-state index in [9.17, 15) is 13.2 Å². The first-order valence-corrected chi connectivity index (χ1v) is 11.8. The van der Waals surface area contributed by atoms with Gasteiger partial charge in [0.05, 0.1) is 5.69 Å². The number of piperidine rings is 1. The van der Waals surface area contributed by atoms with Crippen molar-refractivity contribution in [2.24, 2.45) is 0 Å². The van der Waals surface area contributed by atoms with Gasteiger partial charge in [-0.15, -0.1) is 0 Å². The summed E-state index contributed by atoms with van der Waals surface area (Å²) in [6, 6.07) is 0. The fraction of sp³-hybridized carbons (Fsp3) is 0.737. The Labute approximate surface area is 173 Å². The maximum Gasteiger partial charge on any atom is 0.282 e. The zero-order chi connectivity index (χ0) is 21.2. The lowest BCUT2D eigenvalue weighted by atomic mass is 9.96. The lowest BCUT2D eigenvalue weighted by Gasteiger charge is -2.34. The average molecular weight is 425 g/mol. The summed E-state index contributed by atoms with van der Waals surface area (Å²) in [7, 11) is -1.70. The first-order valence-electron chi connectivity index (χ1n) is 10.4. The summed E-state index contributed by atoms with van der Waals surface area (Å²) >= 11 is 0. The molecule has 2 aliphatic rings. The van der Waals surface area contributed by atoms with Gasteiger partial charge in [-0.05, 0) is 12.8 Å². The zero-order valence-corrected chi connectivity index (χ0v) is 18.6. The van der Waals surface area contributed by atoms with Crippen LogP contribution < -0.4 is 5.32 Å². The largest absolute Gasteiger partial charge is 0.373 e. The number of hydrogen-bond donors (Lipinski definition) is 1. The van der Waals surface area contributed by atoms with Gasteiger partial charge < -0.3 is 10.2 Å². The molecule has 1 unspecified atom stereocenters. The highest BCUT2D eigenvalue weighted by molar-refractivity contribution is 7.86. The minimum absolute atomic E-state index is 0.0822. The first kappa shape index (κ1) is 21.9. The van der Waals surface area contributed by atoms with Crippen LogP contribution in [-0.2, 0) is 28.0 Å². The molecule has 2 aliphatic heterocycles. The van der Waals surface area contributed by atoms with Crippen molar-refractivity contribution in [3.05, 3.63) is 17.1 Å². The van der Waals surface area contributed by atoms with Crippen molar-refractivity contribution in [2.75, 3.05) is 45.1 Å². The van der Waals surface area contributed by atoms with Crippen LogP contribution in [0.3, 0.4) is 0 Å². The van der Waals surface area contributed by atoms with Gasteiger partial charge in [-0.1, -0.05) is 13.8 Å². The Morgan fingerprint density at radius 1 is 1.24 bits per heavy atom. The number of anilines is 1. The summed E-state index contributed by atoms with van der Waals surface area (Å²) in [4.78, 5) is 23.2. The highest BCUT2D eigenvalue weighted by atomic mass is 32.2. The van der Waals surface area contributed by atoms with Crippen LogP contribution in [0, 0.1) is 0 Å². The molecule has 1 aromatic rings. The minimum atomic E-state index is -3.50. The van der Waals surface area contributed by atoms with Crippen molar-refractivity contribution < 1.29 is 13.2 Å². The maximum atomic E-state index is 12.9. The smallest absolute Gasteiger partial charge is 0.282 e. The maximum absolute atomic E-state index is 12.9. The molecule has 1 N–H and O–H groups in total. The van der Waals surface area contributed by atoms with Crippen molar-refractivity contribution in [2.45, 2.75) is 52.5 Å². The monoisotopic (exact) mass is 424 g/mol. The molecule has 162 valence electrons. The molecule has 1 aromatic heterocycles. The molecular weight excluding hydrogens is 392 g/mol. The van der Waals surface area contributed by atoms with Gasteiger partial charge >= 0.3 is 0 Å². The predicted octanol–water partition coefficient (Wildman–Crippen LogP) is 1.19. The molecule has 0 saturated carbocycles. The number of carbonyl (C=O) groups is 1. The number of amides is 1. The predicted molar refractivity (Wildman–Crippen MR) is 112 cm³/mol. The van der Waals surface area contributed by atoms with Crippen LogP contribution in [0.1, 0.15) is 56.6 Å². The Bertz CT molecular complexity index is 838. The van der Waals surface area contributed by atoms with E-state index in [4.69, 9.17) is 9.97 Å². The molecule has 1 amide bonds. The number of carbonyl (C=O) groups excluding carboxylic acids is 1. The normalized spacial score (nSPS) is 20.6. The zero-order valence-electron chi connectivity index (χ0n) is 17.8. The summed E-state index contributed by atoms with van der Waals surface area (Å²) < 4.78 is 28.8. The average Bonchev–Trinajstić information content (AvgIpc) is 2.73. The second-order valence-corrected chi connectivity index (χ2v) is 9.51. The molecule has 1 fully saturated rings. The SMILES string of the molecule is CCN(CC)S(=O)(=O)N1CCc2nc(C3CCCN(C(C)=O)C3)nc(NC)c2C1. The summed E-state index contributed by atoms with van der Waals surface area (Å²) in [6.07, 6.45) is 2.45. The molecule has 29 heavy (non-hydrogen) atoms. The van der Waals surface area contributed by atoms with E-state index in [1.54, 1.807) is 14.0 Å². The lowest BCUT2D eigenvalue weighted by Crippen LogP contribution is -2.46. The van der Waals surface area contributed by atoms with E-state index < -0.39 is 10.2 Å². The topological polar surface area (TPSA) is 98.7 Å². The molecule has 0 aromatic carbocycles. The van der Waals surface area contributed by atoms with Crippen molar-refractivity contribution in [3.8, 4) is 0 Å². The molecule has 0 aliphatic carbocycles. The summed E-state index contributed by atoms with van der Waals surface area (Å²) in [5.41, 5.74) is 1.75. The first-order chi connectivity index (χ1) is 13.8. The fourth-order valence-electron chi connectivity index (χ4n) is 4.18. The standard InChI is InChI=1S/C19H32N6O3S/c1-5-24(6-2)29(27,28)25-11-9-17-16(13-25)19(20-4)22-18(21-17)15-8-7-10-23(12-15)14(3)26/h15H,5-13H2,1-4H3,(H,20,21,22). The van der Waals surface area contributed by atoms with Gasteiger partial charge in [0.25, 0.3) is 10.2 Å². The third kappa shape index (κ3) is 4.39. The van der Waals surface area contributed by atoms with Gasteiger partial charge in [-0.3, -0.25) is 4.79 Å². The van der Waals surface area contributed by atoms with Crippen molar-refractivity contribution >= 4 is 21.9 Å². The Morgan fingerprint density at radius 2 is 1.97 bits per heavy atom. The molecule has 0 bridgehead atoms. The van der Waals surface area contributed by atoms with E-state index >= 15 is 0 Å². The van der Waals surface area contributed by atoms with Gasteiger partial charge in [0.2, 0.25) is 5.91 Å². The van der Waals surface area contributed by atoms with Crippen LogP contribution in [-0.4, -0.2) is 77.6 Å². The molecular formula is C19H32N6O3S. The van der Waals surface area contributed by atoms with Crippen molar-refractivity contribution in [1.82, 2.24) is 23.5 Å². The van der Waals surface area contributed by atoms with Gasteiger partial charge in [-0.2, -0.15) is 17.0 Å². The number of hydrogen-bond acceptors (Lipinski definition) is 6. The van der Waals surface area contributed by atoms with E-state index in [1.807, 2.05) is 18.7 Å². The van der Waals surface area contributed by atoms with Gasteiger partial charge in [0.15, 0.2) is 0 Å². The third-order valence-electron chi connectivity index (χ3n) is 5.87. The van der Waals surface area contributed by atoms with Crippen LogP contribution in [0.25, 0.3) is 0 Å². The summed E-state index contributed by atoms with van der Waals surface area (Å²) in [5, 5.41) is 3.13. The highest BCUT2D eigenvalue weighted by Gasteiger charge is 2.34. The van der Waals surface area contributed by atoms with Crippen LogP contribution in [0.5, 0.6) is 0 Å². The van der Waals surface area contributed by atoms with Crippen LogP contribution in [0.2, 0.25) is 0 Å². The van der Waals surface area contributed by atoms with Crippen molar-refractivity contribution in [1.29, 1.82) is 0 Å². The number of fused-ring (bicyclic) bond motifs is 1. The van der Waals surface area contributed by atoms with E-state index in [1.165, 1.54) is 8.61 Å². The van der Waals surface area contributed by atoms with Gasteiger partial charge in [-0.25, -0.2) is 9.97 Å².